The fraction of sp³-hybridized carbons (Fsp3) is 0.571. The monoisotopic (exact) mass is 436 g/mol. The average molecular weight is 437 g/mol. The molecule has 2 saturated heterocycles. The highest BCUT2D eigenvalue weighted by Crippen LogP contribution is 2.21. The summed E-state index contributed by atoms with van der Waals surface area (Å²) in [6.45, 7) is 1.05. The van der Waals surface area contributed by atoms with E-state index in [0.29, 0.717) is 38.9 Å². The van der Waals surface area contributed by atoms with Crippen molar-refractivity contribution in [1.82, 2.24) is 9.21 Å². The summed E-state index contributed by atoms with van der Waals surface area (Å²) in [7, 11) is -3.49. The average Bonchev–Trinajstić information content (AvgIpc) is 2.99. The van der Waals surface area contributed by atoms with Gasteiger partial charge >= 0.3 is 5.97 Å². The van der Waals surface area contributed by atoms with Gasteiger partial charge in [0.15, 0.2) is 6.61 Å². The molecule has 0 bridgehead atoms. The number of hydrogen-bond acceptors (Lipinski definition) is 6. The molecule has 3 rings (SSSR count). The fourth-order valence-electron chi connectivity index (χ4n) is 3.71. The summed E-state index contributed by atoms with van der Waals surface area (Å²) in [4.78, 5) is 36.7. The van der Waals surface area contributed by atoms with Crippen LogP contribution in [0.1, 0.15) is 50.5 Å². The smallest absolute Gasteiger partial charge is 0.306 e. The van der Waals surface area contributed by atoms with Crippen LogP contribution in [0.25, 0.3) is 0 Å². The zero-order valence-electron chi connectivity index (χ0n) is 17.0. The van der Waals surface area contributed by atoms with E-state index in [4.69, 9.17) is 4.74 Å². The SMILES string of the molecule is O=C(CCc1ccc(S(=O)(=O)N2CCCCCC2)cc1)OCC(=O)N1CCCC1=O. The molecule has 2 fully saturated rings. The largest absolute Gasteiger partial charge is 0.456 e. The molecule has 0 unspecified atom stereocenters. The number of amides is 2. The van der Waals surface area contributed by atoms with E-state index in [9.17, 15) is 22.8 Å². The molecule has 8 nitrogen and oxygen atoms in total. The van der Waals surface area contributed by atoms with E-state index in [1.807, 2.05) is 0 Å². The lowest BCUT2D eigenvalue weighted by atomic mass is 10.1. The Kier molecular flexibility index (Phi) is 7.60. The van der Waals surface area contributed by atoms with E-state index in [2.05, 4.69) is 0 Å². The predicted molar refractivity (Wildman–Crippen MR) is 109 cm³/mol. The number of rotatable bonds is 7. The first-order valence-electron chi connectivity index (χ1n) is 10.5. The van der Waals surface area contributed by atoms with Gasteiger partial charge < -0.3 is 4.74 Å². The maximum Gasteiger partial charge on any atom is 0.306 e. The Morgan fingerprint density at radius 2 is 1.60 bits per heavy atom. The lowest BCUT2D eigenvalue weighted by Crippen LogP contribution is -2.35. The van der Waals surface area contributed by atoms with Gasteiger partial charge in [-0.2, -0.15) is 4.31 Å². The van der Waals surface area contributed by atoms with Crippen molar-refractivity contribution in [2.24, 2.45) is 0 Å². The van der Waals surface area contributed by atoms with Crippen LogP contribution in [0.15, 0.2) is 29.2 Å². The molecule has 1 aromatic rings. The summed E-state index contributed by atoms with van der Waals surface area (Å²) in [5, 5.41) is 0. The molecule has 9 heteroatoms. The third kappa shape index (κ3) is 5.66. The molecule has 0 aromatic heterocycles. The third-order valence-electron chi connectivity index (χ3n) is 5.48. The number of carbonyl (C=O) groups excluding carboxylic acids is 3. The summed E-state index contributed by atoms with van der Waals surface area (Å²) in [6.07, 6.45) is 5.31. The van der Waals surface area contributed by atoms with Crippen LogP contribution in [-0.4, -0.2) is 61.6 Å². The van der Waals surface area contributed by atoms with Gasteiger partial charge in [-0.1, -0.05) is 25.0 Å². The van der Waals surface area contributed by atoms with Gasteiger partial charge in [0.1, 0.15) is 0 Å². The number of likely N-dealkylation sites (tertiary alicyclic amines) is 1. The van der Waals surface area contributed by atoms with E-state index in [1.54, 1.807) is 28.6 Å². The number of ether oxygens (including phenoxy) is 1. The van der Waals surface area contributed by atoms with Gasteiger partial charge in [-0.25, -0.2) is 8.42 Å². The zero-order valence-corrected chi connectivity index (χ0v) is 17.9. The van der Waals surface area contributed by atoms with Crippen molar-refractivity contribution in [3.63, 3.8) is 0 Å². The summed E-state index contributed by atoms with van der Waals surface area (Å²) in [6, 6.07) is 6.55. The molecular weight excluding hydrogens is 408 g/mol. The van der Waals surface area contributed by atoms with Crippen LogP contribution >= 0.6 is 0 Å². The van der Waals surface area contributed by atoms with E-state index >= 15 is 0 Å². The molecule has 2 heterocycles. The second-order valence-electron chi connectivity index (χ2n) is 7.67. The van der Waals surface area contributed by atoms with Crippen molar-refractivity contribution >= 4 is 27.8 Å². The van der Waals surface area contributed by atoms with Crippen LogP contribution in [0.2, 0.25) is 0 Å². The van der Waals surface area contributed by atoms with Gasteiger partial charge in [0.2, 0.25) is 15.9 Å². The number of aryl methyl sites for hydroxylation is 1. The number of carbonyl (C=O) groups is 3. The molecule has 0 radical (unpaired) electrons. The first-order chi connectivity index (χ1) is 14.4. The topological polar surface area (TPSA) is 101 Å². The van der Waals surface area contributed by atoms with Crippen LogP contribution in [-0.2, 0) is 35.6 Å². The Hall–Kier alpha value is -2.26. The van der Waals surface area contributed by atoms with Crippen molar-refractivity contribution in [2.75, 3.05) is 26.2 Å². The normalized spacial score (nSPS) is 18.3. The molecule has 164 valence electrons. The highest BCUT2D eigenvalue weighted by atomic mass is 32.2. The lowest BCUT2D eigenvalue weighted by Gasteiger charge is -2.20. The maximum absolute atomic E-state index is 12.8. The Morgan fingerprint density at radius 1 is 0.933 bits per heavy atom. The predicted octanol–water partition coefficient (Wildman–Crippen LogP) is 1.88. The second-order valence-corrected chi connectivity index (χ2v) is 9.60. The summed E-state index contributed by atoms with van der Waals surface area (Å²) in [5.74, 6) is -1.25. The van der Waals surface area contributed by atoms with Crippen molar-refractivity contribution in [3.05, 3.63) is 29.8 Å². The van der Waals surface area contributed by atoms with Crippen molar-refractivity contribution in [2.45, 2.75) is 56.3 Å². The van der Waals surface area contributed by atoms with E-state index in [-0.39, 0.29) is 17.2 Å². The fourth-order valence-corrected chi connectivity index (χ4v) is 5.23. The van der Waals surface area contributed by atoms with Gasteiger partial charge in [-0.15, -0.1) is 0 Å². The van der Waals surface area contributed by atoms with E-state index in [0.717, 1.165) is 36.1 Å². The van der Waals surface area contributed by atoms with Crippen LogP contribution in [0.5, 0.6) is 0 Å². The first-order valence-corrected chi connectivity index (χ1v) is 11.9. The summed E-state index contributed by atoms with van der Waals surface area (Å²) < 4.78 is 32.1. The molecule has 2 amide bonds. The highest BCUT2D eigenvalue weighted by molar-refractivity contribution is 7.89. The standard InChI is InChI=1S/C21H28N2O6S/c24-19-6-5-15-23(19)20(25)16-29-21(26)12-9-17-7-10-18(11-8-17)30(27,28)22-13-3-1-2-4-14-22/h7-8,10-11H,1-6,9,12-16H2. The van der Waals surface area contributed by atoms with Crippen LogP contribution in [0.4, 0.5) is 0 Å². The minimum atomic E-state index is -3.49. The van der Waals surface area contributed by atoms with E-state index in [1.165, 1.54) is 0 Å². The maximum atomic E-state index is 12.8. The minimum Gasteiger partial charge on any atom is -0.456 e. The first kappa shape index (κ1) is 22.4. The van der Waals surface area contributed by atoms with Gasteiger partial charge in [0.25, 0.3) is 5.91 Å². The Labute approximate surface area is 177 Å². The Bertz CT molecular complexity index is 873. The van der Waals surface area contributed by atoms with Gasteiger partial charge in [-0.3, -0.25) is 19.3 Å². The van der Waals surface area contributed by atoms with Gasteiger partial charge in [0, 0.05) is 32.5 Å². The van der Waals surface area contributed by atoms with E-state index < -0.39 is 28.5 Å². The van der Waals surface area contributed by atoms with Crippen LogP contribution in [0, 0.1) is 0 Å². The number of hydrogen-bond donors (Lipinski definition) is 0. The minimum absolute atomic E-state index is 0.0689. The van der Waals surface area contributed by atoms with Crippen molar-refractivity contribution < 1.29 is 27.5 Å². The van der Waals surface area contributed by atoms with Crippen molar-refractivity contribution in [3.8, 4) is 0 Å². The number of imide groups is 1. The molecule has 0 saturated carbocycles. The van der Waals surface area contributed by atoms with Crippen LogP contribution < -0.4 is 0 Å². The number of esters is 1. The highest BCUT2D eigenvalue weighted by Gasteiger charge is 2.27. The zero-order chi connectivity index (χ0) is 21.6. The van der Waals surface area contributed by atoms with Gasteiger partial charge in [-0.05, 0) is 43.4 Å². The molecule has 0 spiro atoms. The van der Waals surface area contributed by atoms with Crippen LogP contribution in [0.3, 0.4) is 0 Å². The molecule has 30 heavy (non-hydrogen) atoms. The molecule has 2 aliphatic heterocycles. The number of nitrogens with zero attached hydrogens (tertiary/aromatic N) is 2. The summed E-state index contributed by atoms with van der Waals surface area (Å²) in [5.41, 5.74) is 0.808. The van der Waals surface area contributed by atoms with Crippen molar-refractivity contribution in [1.29, 1.82) is 0 Å². The third-order valence-corrected chi connectivity index (χ3v) is 7.39. The molecule has 1 aromatic carbocycles. The molecular formula is C21H28N2O6S. The van der Waals surface area contributed by atoms with Gasteiger partial charge in [0.05, 0.1) is 4.90 Å². The molecule has 0 atom stereocenters. The summed E-state index contributed by atoms with van der Waals surface area (Å²) >= 11 is 0. The molecule has 2 aliphatic rings. The lowest BCUT2D eigenvalue weighted by molar-refractivity contribution is -0.154. The molecule has 0 N–H and O–H groups in total. The molecule has 0 aliphatic carbocycles. The second kappa shape index (κ2) is 10.2. The Morgan fingerprint density at radius 3 is 2.20 bits per heavy atom. The number of sulfonamides is 1. The number of benzene rings is 1. The Balaban J connectivity index is 1.47. The quantitative estimate of drug-likeness (QED) is 0.605.